The zero-order chi connectivity index (χ0) is 14.1. The Balaban J connectivity index is 1.51. The summed E-state index contributed by atoms with van der Waals surface area (Å²) in [7, 11) is 0. The fraction of sp³-hybridized carbons (Fsp3) is 0.750. The van der Waals surface area contributed by atoms with E-state index in [1.807, 2.05) is 0 Å². The summed E-state index contributed by atoms with van der Waals surface area (Å²) < 4.78 is 5.44. The van der Waals surface area contributed by atoms with E-state index in [4.69, 9.17) is 4.74 Å². The first-order valence-electron chi connectivity index (χ1n) is 6.91. The highest BCUT2D eigenvalue weighted by molar-refractivity contribution is 6.04. The molecule has 8 heteroatoms. The number of rotatable bonds is 2. The summed E-state index contributed by atoms with van der Waals surface area (Å²) in [6.45, 7) is 2.32. The van der Waals surface area contributed by atoms with E-state index in [9.17, 15) is 14.4 Å². The molecule has 110 valence electrons. The highest BCUT2D eigenvalue weighted by Crippen LogP contribution is 2.15. The smallest absolute Gasteiger partial charge is 0.324 e. The first-order chi connectivity index (χ1) is 9.65. The van der Waals surface area contributed by atoms with Gasteiger partial charge in [-0.2, -0.15) is 0 Å². The largest absolute Gasteiger partial charge is 0.376 e. The SMILES string of the molecule is O=C1NC(=O)N2CCN(C(=O)NC[C@@H]3CCCO3)C[C@H]12. The highest BCUT2D eigenvalue weighted by Gasteiger charge is 2.43. The molecular formula is C12H18N4O4. The predicted molar refractivity (Wildman–Crippen MR) is 68.0 cm³/mol. The van der Waals surface area contributed by atoms with Gasteiger partial charge in [0, 0.05) is 26.2 Å². The average Bonchev–Trinajstić information content (AvgIpc) is 3.05. The van der Waals surface area contributed by atoms with Crippen molar-refractivity contribution in [2.75, 3.05) is 32.8 Å². The number of nitrogens with zero attached hydrogens (tertiary/aromatic N) is 2. The Labute approximate surface area is 116 Å². The van der Waals surface area contributed by atoms with Crippen molar-refractivity contribution in [2.24, 2.45) is 0 Å². The Bertz CT molecular complexity index is 435. The summed E-state index contributed by atoms with van der Waals surface area (Å²) in [6, 6.07) is -1.11. The molecular weight excluding hydrogens is 264 g/mol. The quantitative estimate of drug-likeness (QED) is 0.643. The van der Waals surface area contributed by atoms with Crippen LogP contribution in [0.1, 0.15) is 12.8 Å². The molecule has 0 unspecified atom stereocenters. The topological polar surface area (TPSA) is 91.0 Å². The minimum absolute atomic E-state index is 0.0941. The number of piperazine rings is 1. The molecule has 3 heterocycles. The van der Waals surface area contributed by atoms with Crippen LogP contribution in [-0.2, 0) is 9.53 Å². The van der Waals surface area contributed by atoms with Gasteiger partial charge in [0.2, 0.25) is 0 Å². The maximum Gasteiger partial charge on any atom is 0.324 e. The molecule has 0 aromatic rings. The number of carbonyl (C=O) groups excluding carboxylic acids is 3. The number of hydrogen-bond donors (Lipinski definition) is 2. The molecule has 8 nitrogen and oxygen atoms in total. The molecule has 0 spiro atoms. The molecule has 3 fully saturated rings. The number of nitrogens with one attached hydrogen (secondary N) is 2. The fourth-order valence-corrected chi connectivity index (χ4v) is 2.81. The number of carbonyl (C=O) groups is 3. The van der Waals surface area contributed by atoms with Crippen LogP contribution in [0.2, 0.25) is 0 Å². The van der Waals surface area contributed by atoms with Gasteiger partial charge in [-0.25, -0.2) is 9.59 Å². The van der Waals surface area contributed by atoms with E-state index in [0.717, 1.165) is 19.4 Å². The van der Waals surface area contributed by atoms with Gasteiger partial charge >= 0.3 is 12.1 Å². The molecule has 2 N–H and O–H groups in total. The van der Waals surface area contributed by atoms with Crippen molar-refractivity contribution in [1.82, 2.24) is 20.4 Å². The average molecular weight is 282 g/mol. The van der Waals surface area contributed by atoms with Crippen LogP contribution < -0.4 is 10.6 Å². The fourth-order valence-electron chi connectivity index (χ4n) is 2.81. The Kier molecular flexibility index (Phi) is 3.47. The third-order valence-electron chi connectivity index (χ3n) is 3.97. The van der Waals surface area contributed by atoms with Gasteiger partial charge in [0.15, 0.2) is 0 Å². The summed E-state index contributed by atoms with van der Waals surface area (Å²) in [4.78, 5) is 38.2. The normalized spacial score (nSPS) is 29.4. The first-order valence-corrected chi connectivity index (χ1v) is 6.91. The Hall–Kier alpha value is -1.83. The maximum absolute atomic E-state index is 12.1. The number of urea groups is 2. The van der Waals surface area contributed by atoms with E-state index < -0.39 is 6.04 Å². The van der Waals surface area contributed by atoms with Gasteiger partial charge in [-0.05, 0) is 12.8 Å². The van der Waals surface area contributed by atoms with Gasteiger partial charge in [-0.1, -0.05) is 0 Å². The van der Waals surface area contributed by atoms with Crippen molar-refractivity contribution < 1.29 is 19.1 Å². The van der Waals surface area contributed by atoms with E-state index in [2.05, 4.69) is 10.6 Å². The molecule has 0 aromatic heterocycles. The molecule has 20 heavy (non-hydrogen) atoms. The molecule has 0 aromatic carbocycles. The van der Waals surface area contributed by atoms with Crippen LogP contribution in [0.25, 0.3) is 0 Å². The van der Waals surface area contributed by atoms with Gasteiger partial charge in [0.05, 0.1) is 12.6 Å². The van der Waals surface area contributed by atoms with E-state index >= 15 is 0 Å². The Morgan fingerprint density at radius 1 is 1.40 bits per heavy atom. The third kappa shape index (κ3) is 2.43. The molecule has 5 amide bonds. The zero-order valence-electron chi connectivity index (χ0n) is 11.1. The minimum atomic E-state index is -0.551. The first kappa shape index (κ1) is 13.2. The van der Waals surface area contributed by atoms with Gasteiger partial charge in [-0.15, -0.1) is 0 Å². The lowest BCUT2D eigenvalue weighted by atomic mass is 10.2. The second kappa shape index (κ2) is 5.28. The molecule has 0 saturated carbocycles. The van der Waals surface area contributed by atoms with Crippen molar-refractivity contribution in [1.29, 1.82) is 0 Å². The van der Waals surface area contributed by atoms with Crippen molar-refractivity contribution in [2.45, 2.75) is 25.0 Å². The molecule has 3 rings (SSSR count). The second-order valence-electron chi connectivity index (χ2n) is 5.27. The molecule has 3 aliphatic rings. The lowest BCUT2D eigenvalue weighted by Gasteiger charge is -2.35. The van der Waals surface area contributed by atoms with Crippen molar-refractivity contribution in [3.63, 3.8) is 0 Å². The standard InChI is InChI=1S/C12H18N4O4/c17-10-9-7-15(3-4-16(9)12(19)14-10)11(18)13-6-8-2-1-5-20-8/h8-9H,1-7H2,(H,13,18)(H,14,17,19)/t8-,9+/m0/s1. The lowest BCUT2D eigenvalue weighted by molar-refractivity contribution is -0.122. The number of amides is 5. The van der Waals surface area contributed by atoms with E-state index in [-0.39, 0.29) is 30.6 Å². The van der Waals surface area contributed by atoms with Crippen LogP contribution in [0.5, 0.6) is 0 Å². The Morgan fingerprint density at radius 2 is 2.25 bits per heavy atom. The second-order valence-corrected chi connectivity index (χ2v) is 5.27. The number of fused-ring (bicyclic) bond motifs is 1. The summed E-state index contributed by atoms with van der Waals surface area (Å²) >= 11 is 0. The third-order valence-corrected chi connectivity index (χ3v) is 3.97. The molecule has 3 saturated heterocycles. The van der Waals surface area contributed by atoms with Crippen LogP contribution in [0.4, 0.5) is 9.59 Å². The van der Waals surface area contributed by atoms with E-state index in [0.29, 0.717) is 19.6 Å². The highest BCUT2D eigenvalue weighted by atomic mass is 16.5. The van der Waals surface area contributed by atoms with Crippen LogP contribution in [0, 0.1) is 0 Å². The molecule has 0 radical (unpaired) electrons. The zero-order valence-corrected chi connectivity index (χ0v) is 11.1. The summed E-state index contributed by atoms with van der Waals surface area (Å²) in [5, 5.41) is 5.09. The monoisotopic (exact) mass is 282 g/mol. The molecule has 3 aliphatic heterocycles. The molecule has 2 atom stereocenters. The van der Waals surface area contributed by atoms with E-state index in [1.54, 1.807) is 4.90 Å². The summed E-state index contributed by atoms with van der Waals surface area (Å²) in [6.07, 6.45) is 2.09. The number of hydrogen-bond acceptors (Lipinski definition) is 4. The van der Waals surface area contributed by atoms with Crippen LogP contribution in [0.15, 0.2) is 0 Å². The summed E-state index contributed by atoms with van der Waals surface area (Å²) in [5.41, 5.74) is 0. The van der Waals surface area contributed by atoms with Gasteiger partial charge in [0.25, 0.3) is 5.91 Å². The van der Waals surface area contributed by atoms with Gasteiger partial charge < -0.3 is 19.9 Å². The predicted octanol–water partition coefficient (Wildman–Crippen LogP) is -0.889. The van der Waals surface area contributed by atoms with Crippen molar-refractivity contribution >= 4 is 18.0 Å². The maximum atomic E-state index is 12.1. The summed E-state index contributed by atoms with van der Waals surface area (Å²) in [5.74, 6) is -0.327. The van der Waals surface area contributed by atoms with Gasteiger partial charge in [0.1, 0.15) is 6.04 Å². The number of ether oxygens (including phenoxy) is 1. The molecule has 0 bridgehead atoms. The Morgan fingerprint density at radius 3 is 3.00 bits per heavy atom. The van der Waals surface area contributed by atoms with Crippen molar-refractivity contribution in [3.8, 4) is 0 Å². The van der Waals surface area contributed by atoms with Gasteiger partial charge in [-0.3, -0.25) is 10.1 Å². The number of imide groups is 1. The van der Waals surface area contributed by atoms with Crippen molar-refractivity contribution in [3.05, 3.63) is 0 Å². The lowest BCUT2D eigenvalue weighted by Crippen LogP contribution is -2.57. The molecule has 0 aliphatic carbocycles. The van der Waals surface area contributed by atoms with Crippen LogP contribution >= 0.6 is 0 Å². The van der Waals surface area contributed by atoms with E-state index in [1.165, 1.54) is 4.90 Å². The van der Waals surface area contributed by atoms with Crippen LogP contribution in [-0.4, -0.2) is 72.7 Å². The minimum Gasteiger partial charge on any atom is -0.376 e. The van der Waals surface area contributed by atoms with Crippen LogP contribution in [0.3, 0.4) is 0 Å².